The summed E-state index contributed by atoms with van der Waals surface area (Å²) >= 11 is 0. The topological polar surface area (TPSA) is 94.1 Å². The van der Waals surface area contributed by atoms with E-state index >= 15 is 0 Å². The first-order chi connectivity index (χ1) is 14.6. The normalized spacial score (nSPS) is 14.4. The molecule has 5 heterocycles. The number of nitrogens with zero attached hydrogens (tertiary/aromatic N) is 8. The highest BCUT2D eigenvalue weighted by Crippen LogP contribution is 2.27. The maximum absolute atomic E-state index is 12.3. The van der Waals surface area contributed by atoms with Gasteiger partial charge in [-0.2, -0.15) is 19.7 Å². The zero-order chi connectivity index (χ0) is 20.7. The molecular weight excluding hydrogens is 380 g/mol. The predicted octanol–water partition coefficient (Wildman–Crippen LogP) is 2.00. The van der Waals surface area contributed by atoms with Crippen molar-refractivity contribution in [1.82, 2.24) is 34.3 Å². The van der Waals surface area contributed by atoms with Crippen molar-refractivity contribution in [1.29, 1.82) is 0 Å². The molecule has 4 aromatic rings. The summed E-state index contributed by atoms with van der Waals surface area (Å²) in [5.41, 5.74) is 2.55. The Morgan fingerprint density at radius 1 is 1.20 bits per heavy atom. The lowest BCUT2D eigenvalue weighted by atomic mass is 10.00. The molecule has 0 aromatic carbocycles. The standard InChI is InChI=1S/C21H22N8O/c1-14(2)18-8-19(29-21(25-18)23-13-24-29)27-10-15(11-27)12-28-20(30)6-5-17(26-28)16-4-3-7-22-9-16/h3-9,13-15H,10-12H2,1-2H3. The minimum atomic E-state index is -0.0919. The molecule has 0 atom stereocenters. The van der Waals surface area contributed by atoms with E-state index in [1.807, 2.05) is 12.1 Å². The smallest absolute Gasteiger partial charge is 0.266 e. The second-order valence-electron chi connectivity index (χ2n) is 7.92. The number of anilines is 1. The number of pyridine rings is 1. The van der Waals surface area contributed by atoms with Crippen LogP contribution in [-0.2, 0) is 6.54 Å². The van der Waals surface area contributed by atoms with E-state index in [1.165, 1.54) is 6.33 Å². The molecule has 9 nitrogen and oxygen atoms in total. The van der Waals surface area contributed by atoms with Gasteiger partial charge in [-0.15, -0.1) is 0 Å². The van der Waals surface area contributed by atoms with Gasteiger partial charge in [0.15, 0.2) is 0 Å². The molecule has 5 rings (SSSR count). The van der Waals surface area contributed by atoms with E-state index in [-0.39, 0.29) is 5.56 Å². The third-order valence-corrected chi connectivity index (χ3v) is 5.38. The molecule has 30 heavy (non-hydrogen) atoms. The molecule has 0 bridgehead atoms. The Morgan fingerprint density at radius 3 is 2.83 bits per heavy atom. The van der Waals surface area contributed by atoms with Crippen LogP contribution in [0.5, 0.6) is 0 Å². The first-order valence-corrected chi connectivity index (χ1v) is 10.0. The third kappa shape index (κ3) is 3.32. The summed E-state index contributed by atoms with van der Waals surface area (Å²) < 4.78 is 3.33. The van der Waals surface area contributed by atoms with Crippen LogP contribution in [0, 0.1) is 5.92 Å². The highest BCUT2D eigenvalue weighted by molar-refractivity contribution is 5.56. The number of rotatable bonds is 5. The molecule has 0 spiro atoms. The molecule has 0 aliphatic carbocycles. The van der Waals surface area contributed by atoms with Crippen molar-refractivity contribution in [3.63, 3.8) is 0 Å². The first kappa shape index (κ1) is 18.4. The summed E-state index contributed by atoms with van der Waals surface area (Å²) in [4.78, 5) is 27.5. The summed E-state index contributed by atoms with van der Waals surface area (Å²) in [7, 11) is 0. The predicted molar refractivity (Wildman–Crippen MR) is 112 cm³/mol. The van der Waals surface area contributed by atoms with Gasteiger partial charge in [-0.1, -0.05) is 13.8 Å². The lowest BCUT2D eigenvalue weighted by molar-refractivity contribution is 0.332. The van der Waals surface area contributed by atoms with Crippen molar-refractivity contribution in [2.45, 2.75) is 26.3 Å². The number of hydrogen-bond donors (Lipinski definition) is 0. The Morgan fingerprint density at radius 2 is 2.07 bits per heavy atom. The van der Waals surface area contributed by atoms with E-state index in [0.29, 0.717) is 24.2 Å². The summed E-state index contributed by atoms with van der Waals surface area (Å²) in [6, 6.07) is 9.20. The van der Waals surface area contributed by atoms with Crippen LogP contribution in [0.25, 0.3) is 17.0 Å². The van der Waals surface area contributed by atoms with Gasteiger partial charge in [0.1, 0.15) is 12.1 Å². The lowest BCUT2D eigenvalue weighted by Gasteiger charge is -2.40. The highest BCUT2D eigenvalue weighted by Gasteiger charge is 2.30. The minimum absolute atomic E-state index is 0.0919. The molecular formula is C21H22N8O. The molecule has 1 fully saturated rings. The molecule has 1 aliphatic heterocycles. The molecule has 0 N–H and O–H groups in total. The van der Waals surface area contributed by atoms with Crippen LogP contribution in [0.2, 0.25) is 0 Å². The molecule has 0 unspecified atom stereocenters. The van der Waals surface area contributed by atoms with Crippen LogP contribution in [0.3, 0.4) is 0 Å². The van der Waals surface area contributed by atoms with Crippen molar-refractivity contribution >= 4 is 11.6 Å². The van der Waals surface area contributed by atoms with E-state index in [2.05, 4.69) is 50.0 Å². The largest absolute Gasteiger partial charge is 0.356 e. The number of fused-ring (bicyclic) bond motifs is 1. The summed E-state index contributed by atoms with van der Waals surface area (Å²) in [6.45, 7) is 6.45. The van der Waals surface area contributed by atoms with Gasteiger partial charge in [-0.25, -0.2) is 9.67 Å². The van der Waals surface area contributed by atoms with E-state index < -0.39 is 0 Å². The molecule has 0 radical (unpaired) electrons. The Labute approximate surface area is 173 Å². The van der Waals surface area contributed by atoms with Gasteiger partial charge < -0.3 is 4.90 Å². The third-order valence-electron chi connectivity index (χ3n) is 5.38. The van der Waals surface area contributed by atoms with Crippen molar-refractivity contribution in [3.8, 4) is 11.3 Å². The van der Waals surface area contributed by atoms with Crippen molar-refractivity contribution in [2.75, 3.05) is 18.0 Å². The number of aromatic nitrogens is 7. The van der Waals surface area contributed by atoms with Gasteiger partial charge in [0.25, 0.3) is 11.3 Å². The van der Waals surface area contributed by atoms with Gasteiger partial charge >= 0.3 is 0 Å². The summed E-state index contributed by atoms with van der Waals surface area (Å²) in [6.07, 6.45) is 5.00. The lowest BCUT2D eigenvalue weighted by Crippen LogP contribution is -2.50. The zero-order valence-electron chi connectivity index (χ0n) is 16.9. The minimum Gasteiger partial charge on any atom is -0.356 e. The Balaban J connectivity index is 1.34. The SMILES string of the molecule is CC(C)c1cc(N2CC(Cn3nc(-c4cccnc4)ccc3=O)C2)n2ncnc2n1. The fourth-order valence-corrected chi connectivity index (χ4v) is 3.70. The van der Waals surface area contributed by atoms with Gasteiger partial charge in [0.05, 0.1) is 17.9 Å². The van der Waals surface area contributed by atoms with Crippen LogP contribution in [0.1, 0.15) is 25.5 Å². The van der Waals surface area contributed by atoms with Crippen molar-refractivity contribution in [3.05, 3.63) is 65.1 Å². The second kappa shape index (κ2) is 7.33. The summed E-state index contributed by atoms with van der Waals surface area (Å²) in [5.74, 6) is 2.23. The van der Waals surface area contributed by atoms with Crippen LogP contribution in [-0.4, -0.2) is 47.4 Å². The molecule has 4 aromatic heterocycles. The quantitative estimate of drug-likeness (QED) is 0.504. The van der Waals surface area contributed by atoms with Crippen LogP contribution >= 0.6 is 0 Å². The Bertz CT molecular complexity index is 1240. The fraction of sp³-hybridized carbons (Fsp3) is 0.333. The van der Waals surface area contributed by atoms with E-state index in [0.717, 1.165) is 35.9 Å². The van der Waals surface area contributed by atoms with Crippen LogP contribution in [0.4, 0.5) is 5.82 Å². The van der Waals surface area contributed by atoms with E-state index in [9.17, 15) is 4.79 Å². The molecule has 152 valence electrons. The molecule has 1 saturated heterocycles. The highest BCUT2D eigenvalue weighted by atomic mass is 16.1. The fourth-order valence-electron chi connectivity index (χ4n) is 3.70. The van der Waals surface area contributed by atoms with Gasteiger partial charge in [0, 0.05) is 49.1 Å². The average molecular weight is 402 g/mol. The Hall–Kier alpha value is -3.62. The van der Waals surface area contributed by atoms with Gasteiger partial charge in [-0.3, -0.25) is 9.78 Å². The maximum atomic E-state index is 12.3. The van der Waals surface area contributed by atoms with E-state index in [4.69, 9.17) is 0 Å². The molecule has 0 amide bonds. The van der Waals surface area contributed by atoms with Crippen LogP contribution in [0.15, 0.2) is 53.8 Å². The first-order valence-electron chi connectivity index (χ1n) is 10.0. The van der Waals surface area contributed by atoms with Crippen molar-refractivity contribution in [2.24, 2.45) is 5.92 Å². The van der Waals surface area contributed by atoms with Crippen LogP contribution < -0.4 is 10.5 Å². The van der Waals surface area contributed by atoms with Gasteiger partial charge in [-0.05, 0) is 24.1 Å². The molecule has 9 heteroatoms. The summed E-state index contributed by atoms with van der Waals surface area (Å²) in [5, 5.41) is 8.87. The number of hydrogen-bond acceptors (Lipinski definition) is 7. The molecule has 0 saturated carbocycles. The maximum Gasteiger partial charge on any atom is 0.266 e. The average Bonchev–Trinajstić information content (AvgIpc) is 3.20. The van der Waals surface area contributed by atoms with Crippen molar-refractivity contribution < 1.29 is 0 Å². The molecule has 1 aliphatic rings. The van der Waals surface area contributed by atoms with E-state index in [1.54, 1.807) is 33.7 Å². The zero-order valence-corrected chi connectivity index (χ0v) is 16.9. The monoisotopic (exact) mass is 402 g/mol. The second-order valence-corrected chi connectivity index (χ2v) is 7.92. The van der Waals surface area contributed by atoms with Gasteiger partial charge in [0.2, 0.25) is 0 Å². The Kier molecular flexibility index (Phi) is 4.50.